The van der Waals surface area contributed by atoms with Crippen molar-refractivity contribution in [2.75, 3.05) is 6.61 Å². The second-order valence-electron chi connectivity index (χ2n) is 8.64. The maximum atomic E-state index is 12.6. The van der Waals surface area contributed by atoms with Crippen LogP contribution in [0.3, 0.4) is 0 Å². The van der Waals surface area contributed by atoms with Crippen molar-refractivity contribution in [1.29, 1.82) is 0 Å². The summed E-state index contributed by atoms with van der Waals surface area (Å²) >= 11 is 0. The Morgan fingerprint density at radius 3 is 1.88 bits per heavy atom. The van der Waals surface area contributed by atoms with Crippen molar-refractivity contribution in [3.63, 3.8) is 0 Å². The average Bonchev–Trinajstić information content (AvgIpc) is 3.04. The first-order valence-electron chi connectivity index (χ1n) is 10.4. The molecule has 170 valence electrons. The van der Waals surface area contributed by atoms with E-state index >= 15 is 0 Å². The Labute approximate surface area is 186 Å². The van der Waals surface area contributed by atoms with Crippen LogP contribution in [0.2, 0.25) is 0 Å². The van der Waals surface area contributed by atoms with Crippen LogP contribution < -0.4 is 10.6 Å². The Balaban J connectivity index is 1.72. The van der Waals surface area contributed by atoms with Crippen LogP contribution in [-0.2, 0) is 14.3 Å². The predicted molar refractivity (Wildman–Crippen MR) is 118 cm³/mol. The molecule has 2 amide bonds. The highest BCUT2D eigenvalue weighted by molar-refractivity contribution is 5.88. The van der Waals surface area contributed by atoms with Gasteiger partial charge >= 0.3 is 18.2 Å². The molecule has 8 heteroatoms. The molecule has 1 aliphatic rings. The first-order valence-corrected chi connectivity index (χ1v) is 10.4. The largest absolute Gasteiger partial charge is 0.478 e. The fourth-order valence-corrected chi connectivity index (χ4v) is 3.75. The molecule has 0 fully saturated rings. The van der Waals surface area contributed by atoms with Crippen molar-refractivity contribution in [2.45, 2.75) is 51.3 Å². The van der Waals surface area contributed by atoms with E-state index in [1.807, 2.05) is 48.5 Å². The molecule has 3 rings (SSSR count). The zero-order valence-electron chi connectivity index (χ0n) is 18.6. The average molecular weight is 440 g/mol. The Morgan fingerprint density at radius 2 is 1.41 bits per heavy atom. The number of alkyl carbamates (subject to hydrolysis) is 2. The van der Waals surface area contributed by atoms with Gasteiger partial charge in [0.15, 0.2) is 0 Å². The number of amides is 2. The van der Waals surface area contributed by atoms with Crippen molar-refractivity contribution in [3.05, 3.63) is 59.7 Å². The summed E-state index contributed by atoms with van der Waals surface area (Å²) in [7, 11) is 0. The van der Waals surface area contributed by atoms with Gasteiger partial charge < -0.3 is 14.6 Å². The van der Waals surface area contributed by atoms with Gasteiger partial charge in [0.1, 0.15) is 12.2 Å². The van der Waals surface area contributed by atoms with Gasteiger partial charge in [0.05, 0.1) is 0 Å². The van der Waals surface area contributed by atoms with Crippen molar-refractivity contribution >= 4 is 18.2 Å². The summed E-state index contributed by atoms with van der Waals surface area (Å²) in [5, 5.41) is 14.3. The first-order chi connectivity index (χ1) is 15.1. The number of rotatable bonds is 6. The van der Waals surface area contributed by atoms with Crippen molar-refractivity contribution in [1.82, 2.24) is 10.6 Å². The number of carboxylic acids is 1. The third-order valence-electron chi connectivity index (χ3n) is 5.27. The smallest absolute Gasteiger partial charge is 0.409 e. The highest BCUT2D eigenvalue weighted by Gasteiger charge is 2.42. The van der Waals surface area contributed by atoms with Crippen LogP contribution in [0.25, 0.3) is 11.1 Å². The van der Waals surface area contributed by atoms with E-state index in [4.69, 9.17) is 9.47 Å². The van der Waals surface area contributed by atoms with Crippen LogP contribution in [0.4, 0.5) is 9.59 Å². The number of hydrogen-bond acceptors (Lipinski definition) is 5. The molecule has 1 aliphatic carbocycles. The molecular formula is C24H28N2O6. The Hall–Kier alpha value is -3.55. The van der Waals surface area contributed by atoms with Crippen molar-refractivity contribution < 1.29 is 29.0 Å². The third-order valence-corrected chi connectivity index (χ3v) is 5.27. The van der Waals surface area contributed by atoms with Gasteiger partial charge in [-0.05, 0) is 49.4 Å². The number of carboxylic acid groups (broad SMARTS) is 1. The zero-order valence-corrected chi connectivity index (χ0v) is 18.6. The van der Waals surface area contributed by atoms with Gasteiger partial charge in [0, 0.05) is 5.92 Å². The molecule has 0 saturated carbocycles. The van der Waals surface area contributed by atoms with E-state index in [-0.39, 0.29) is 18.9 Å². The Bertz CT molecular complexity index is 984. The molecule has 3 N–H and O–H groups in total. The molecule has 0 saturated heterocycles. The van der Waals surface area contributed by atoms with Gasteiger partial charge in [-0.3, -0.25) is 10.6 Å². The van der Waals surface area contributed by atoms with E-state index in [0.717, 1.165) is 22.3 Å². The van der Waals surface area contributed by atoms with E-state index in [1.54, 1.807) is 20.8 Å². The number of ether oxygens (including phenoxy) is 2. The molecule has 0 aromatic heterocycles. The van der Waals surface area contributed by atoms with Gasteiger partial charge in [-0.25, -0.2) is 14.4 Å². The van der Waals surface area contributed by atoms with E-state index < -0.39 is 29.4 Å². The number of benzene rings is 2. The lowest BCUT2D eigenvalue weighted by Gasteiger charge is -2.31. The number of hydrogen-bond donors (Lipinski definition) is 3. The minimum Gasteiger partial charge on any atom is -0.478 e. The summed E-state index contributed by atoms with van der Waals surface area (Å²) < 4.78 is 10.6. The molecule has 0 aliphatic heterocycles. The molecular weight excluding hydrogens is 412 g/mol. The van der Waals surface area contributed by atoms with E-state index in [9.17, 15) is 19.5 Å². The summed E-state index contributed by atoms with van der Waals surface area (Å²) in [6, 6.07) is 15.8. The molecule has 0 spiro atoms. The summed E-state index contributed by atoms with van der Waals surface area (Å²) in [6.07, 6.45) is -2.03. The van der Waals surface area contributed by atoms with Gasteiger partial charge in [0.25, 0.3) is 0 Å². The van der Waals surface area contributed by atoms with Crippen molar-refractivity contribution in [3.8, 4) is 11.1 Å². The minimum atomic E-state index is -2.06. The van der Waals surface area contributed by atoms with Gasteiger partial charge in [-0.1, -0.05) is 55.5 Å². The number of carbonyl (C=O) groups is 3. The van der Waals surface area contributed by atoms with Crippen LogP contribution >= 0.6 is 0 Å². The molecule has 1 atom stereocenters. The number of fused-ring (bicyclic) bond motifs is 3. The standard InChI is InChI=1S/C24H28N2O6/c1-5-24(20(27)28,26-22(30)32-23(2,3)4)25-21(29)31-14-19-17-12-8-6-10-15(17)16-11-7-9-13-18(16)19/h6-13,19H,5,14H2,1-4H3,(H,25,29)(H,26,30)(H,27,28). The lowest BCUT2D eigenvalue weighted by molar-refractivity contribution is -0.146. The van der Waals surface area contributed by atoms with Crippen LogP contribution in [0.1, 0.15) is 51.2 Å². The molecule has 1 unspecified atom stereocenters. The SMILES string of the molecule is CCC(NC(=O)OCC1c2ccccc2-c2ccccc21)(NC(=O)OC(C)(C)C)C(=O)O. The molecule has 0 heterocycles. The second-order valence-corrected chi connectivity index (χ2v) is 8.64. The number of aliphatic carboxylic acids is 1. The van der Waals surface area contributed by atoms with Crippen LogP contribution in [0, 0.1) is 0 Å². The molecule has 8 nitrogen and oxygen atoms in total. The highest BCUT2D eigenvalue weighted by Crippen LogP contribution is 2.44. The fraction of sp³-hybridized carbons (Fsp3) is 0.375. The Kier molecular flexibility index (Phi) is 6.43. The summed E-state index contributed by atoms with van der Waals surface area (Å²) in [4.78, 5) is 36.7. The zero-order chi connectivity index (χ0) is 23.5. The van der Waals surface area contributed by atoms with E-state index in [2.05, 4.69) is 10.6 Å². The van der Waals surface area contributed by atoms with Crippen LogP contribution in [-0.4, -0.2) is 41.1 Å². The first kappa shape index (κ1) is 23.1. The maximum absolute atomic E-state index is 12.6. The molecule has 0 bridgehead atoms. The lowest BCUT2D eigenvalue weighted by atomic mass is 9.98. The Morgan fingerprint density at radius 1 is 0.906 bits per heavy atom. The third kappa shape index (κ3) is 4.85. The topological polar surface area (TPSA) is 114 Å². The summed E-state index contributed by atoms with van der Waals surface area (Å²) in [5.41, 5.74) is 1.34. The second kappa shape index (κ2) is 8.90. The molecule has 32 heavy (non-hydrogen) atoms. The highest BCUT2D eigenvalue weighted by atomic mass is 16.6. The normalized spacial score (nSPS) is 14.5. The molecule has 2 aromatic carbocycles. The van der Waals surface area contributed by atoms with Gasteiger partial charge in [-0.2, -0.15) is 0 Å². The van der Waals surface area contributed by atoms with E-state index in [0.29, 0.717) is 0 Å². The van der Waals surface area contributed by atoms with Crippen molar-refractivity contribution in [2.24, 2.45) is 0 Å². The van der Waals surface area contributed by atoms with Crippen LogP contribution in [0.5, 0.6) is 0 Å². The van der Waals surface area contributed by atoms with Crippen LogP contribution in [0.15, 0.2) is 48.5 Å². The minimum absolute atomic E-state index is 0.0196. The lowest BCUT2D eigenvalue weighted by Crippen LogP contribution is -2.65. The quantitative estimate of drug-likeness (QED) is 0.579. The fourth-order valence-electron chi connectivity index (χ4n) is 3.75. The summed E-state index contributed by atoms with van der Waals surface area (Å²) in [5.74, 6) is -1.60. The van der Waals surface area contributed by atoms with E-state index in [1.165, 1.54) is 6.92 Å². The maximum Gasteiger partial charge on any atom is 0.409 e. The van der Waals surface area contributed by atoms with Gasteiger partial charge in [0.2, 0.25) is 5.66 Å². The summed E-state index contributed by atoms with van der Waals surface area (Å²) in [6.45, 7) is 6.50. The molecule has 2 aromatic rings. The van der Waals surface area contributed by atoms with Gasteiger partial charge in [-0.15, -0.1) is 0 Å². The molecule has 0 radical (unpaired) electrons. The number of carbonyl (C=O) groups excluding carboxylic acids is 2. The monoisotopic (exact) mass is 440 g/mol. The predicted octanol–water partition coefficient (Wildman–Crippen LogP) is 4.24. The number of nitrogens with one attached hydrogen (secondary N) is 2.